The first-order chi connectivity index (χ1) is 7.16. The summed E-state index contributed by atoms with van der Waals surface area (Å²) in [6.45, 7) is 6.13. The van der Waals surface area contributed by atoms with Crippen LogP contribution in [0.3, 0.4) is 0 Å². The molecule has 0 radical (unpaired) electrons. The molecule has 1 heteroatoms. The van der Waals surface area contributed by atoms with E-state index < -0.39 is 0 Å². The summed E-state index contributed by atoms with van der Waals surface area (Å²) in [5.41, 5.74) is 0. The molecule has 0 unspecified atom stereocenters. The fourth-order valence-electron chi connectivity index (χ4n) is 1.17. The van der Waals surface area contributed by atoms with Crippen LogP contribution in [0.15, 0.2) is 36.5 Å². The minimum Gasteiger partial charge on any atom is -0.295 e. The molecule has 0 spiro atoms. The lowest BCUT2D eigenvalue weighted by Crippen LogP contribution is -1.97. The Bertz CT molecular complexity index is 244. The first-order valence-electron chi connectivity index (χ1n) is 5.64. The molecule has 0 aliphatic rings. The molecule has 0 aromatic carbocycles. The quantitative estimate of drug-likeness (QED) is 0.265. The maximum Gasteiger partial charge on any atom is 0.155 e. The lowest BCUT2D eigenvalue weighted by atomic mass is 10.1. The molecular weight excluding hydrogens is 184 g/mol. The van der Waals surface area contributed by atoms with Crippen LogP contribution in [0.1, 0.15) is 40.0 Å². The summed E-state index contributed by atoms with van der Waals surface area (Å²) in [6.07, 6.45) is 14.5. The molecular formula is C14H22O. The molecule has 0 heterocycles. The highest BCUT2D eigenvalue weighted by atomic mass is 16.1. The Morgan fingerprint density at radius 3 is 2.40 bits per heavy atom. The van der Waals surface area contributed by atoms with Gasteiger partial charge in [-0.05, 0) is 31.8 Å². The third-order valence-electron chi connectivity index (χ3n) is 1.87. The van der Waals surface area contributed by atoms with Gasteiger partial charge in [0.05, 0.1) is 0 Å². The highest BCUT2D eigenvalue weighted by Crippen LogP contribution is 2.00. The first kappa shape index (κ1) is 13.9. The number of carbonyl (C=O) groups excluding carboxylic acids is 1. The van der Waals surface area contributed by atoms with Gasteiger partial charge in [-0.25, -0.2) is 0 Å². The van der Waals surface area contributed by atoms with Gasteiger partial charge in [-0.3, -0.25) is 4.79 Å². The van der Waals surface area contributed by atoms with Crippen molar-refractivity contribution in [3.8, 4) is 0 Å². The van der Waals surface area contributed by atoms with Crippen molar-refractivity contribution in [3.05, 3.63) is 36.5 Å². The van der Waals surface area contributed by atoms with Crippen LogP contribution in [-0.4, -0.2) is 5.78 Å². The van der Waals surface area contributed by atoms with Crippen molar-refractivity contribution in [2.24, 2.45) is 5.92 Å². The second kappa shape index (κ2) is 9.45. The molecule has 0 atom stereocenters. The van der Waals surface area contributed by atoms with Gasteiger partial charge < -0.3 is 0 Å². The summed E-state index contributed by atoms with van der Waals surface area (Å²) in [5.74, 6) is 0.656. The van der Waals surface area contributed by atoms with Gasteiger partial charge in [0.15, 0.2) is 5.78 Å². The van der Waals surface area contributed by atoms with Gasteiger partial charge in [0, 0.05) is 6.42 Å². The number of rotatable bonds is 7. The van der Waals surface area contributed by atoms with E-state index in [1.54, 1.807) is 6.08 Å². The maximum atomic E-state index is 11.3. The molecule has 0 bridgehead atoms. The summed E-state index contributed by atoms with van der Waals surface area (Å²) in [7, 11) is 0. The molecule has 15 heavy (non-hydrogen) atoms. The summed E-state index contributed by atoms with van der Waals surface area (Å²) >= 11 is 0. The minimum atomic E-state index is 0.211. The van der Waals surface area contributed by atoms with E-state index in [-0.39, 0.29) is 5.78 Å². The standard InChI is InChI=1S/C14H22O/c1-4-5-6-7-8-9-10-11-14(15)12-13(2)3/h4-5,8-11,13H,6-7,12H2,1-3H3/b5-4+,9-8+,11-10+. The van der Waals surface area contributed by atoms with Crippen molar-refractivity contribution < 1.29 is 4.79 Å². The van der Waals surface area contributed by atoms with Gasteiger partial charge in [-0.15, -0.1) is 0 Å². The van der Waals surface area contributed by atoms with Crippen LogP contribution in [0.25, 0.3) is 0 Å². The maximum absolute atomic E-state index is 11.3. The largest absolute Gasteiger partial charge is 0.295 e. The fraction of sp³-hybridized carbons (Fsp3) is 0.500. The van der Waals surface area contributed by atoms with Crippen molar-refractivity contribution in [1.29, 1.82) is 0 Å². The zero-order valence-electron chi connectivity index (χ0n) is 10.1. The topological polar surface area (TPSA) is 17.1 Å². The van der Waals surface area contributed by atoms with E-state index in [9.17, 15) is 4.79 Å². The molecule has 0 saturated heterocycles. The fourth-order valence-corrected chi connectivity index (χ4v) is 1.17. The van der Waals surface area contributed by atoms with Crippen LogP contribution >= 0.6 is 0 Å². The molecule has 0 fully saturated rings. The third kappa shape index (κ3) is 10.8. The number of carbonyl (C=O) groups is 1. The third-order valence-corrected chi connectivity index (χ3v) is 1.87. The second-order valence-electron chi connectivity index (χ2n) is 4.00. The zero-order chi connectivity index (χ0) is 11.5. The molecule has 0 aromatic rings. The summed E-state index contributed by atoms with van der Waals surface area (Å²) in [4.78, 5) is 11.3. The van der Waals surface area contributed by atoms with Crippen LogP contribution < -0.4 is 0 Å². The van der Waals surface area contributed by atoms with Gasteiger partial charge in [0.2, 0.25) is 0 Å². The molecule has 0 aliphatic carbocycles. The molecule has 0 saturated carbocycles. The normalized spacial score (nSPS) is 12.5. The Hall–Kier alpha value is -1.11. The van der Waals surface area contributed by atoms with Crippen LogP contribution in [-0.2, 0) is 4.79 Å². The van der Waals surface area contributed by atoms with Crippen molar-refractivity contribution in [2.75, 3.05) is 0 Å². The van der Waals surface area contributed by atoms with Crippen molar-refractivity contribution in [3.63, 3.8) is 0 Å². The van der Waals surface area contributed by atoms with Crippen LogP contribution in [0.5, 0.6) is 0 Å². The van der Waals surface area contributed by atoms with Crippen molar-refractivity contribution in [1.82, 2.24) is 0 Å². The number of ketones is 1. The van der Waals surface area contributed by atoms with Gasteiger partial charge in [-0.1, -0.05) is 44.2 Å². The predicted octanol–water partition coefficient (Wildman–Crippen LogP) is 4.07. The Morgan fingerprint density at radius 1 is 1.13 bits per heavy atom. The highest BCUT2D eigenvalue weighted by molar-refractivity contribution is 5.89. The average Bonchev–Trinajstić information content (AvgIpc) is 2.15. The summed E-state index contributed by atoms with van der Waals surface area (Å²) < 4.78 is 0. The van der Waals surface area contributed by atoms with Crippen LogP contribution in [0, 0.1) is 5.92 Å². The Labute approximate surface area is 93.6 Å². The Kier molecular flexibility index (Phi) is 8.75. The van der Waals surface area contributed by atoms with E-state index in [4.69, 9.17) is 0 Å². The molecule has 84 valence electrons. The molecule has 0 rings (SSSR count). The van der Waals surface area contributed by atoms with Gasteiger partial charge >= 0.3 is 0 Å². The lowest BCUT2D eigenvalue weighted by Gasteiger charge is -1.97. The van der Waals surface area contributed by atoms with E-state index in [1.165, 1.54) is 0 Å². The molecule has 1 nitrogen and oxygen atoms in total. The minimum absolute atomic E-state index is 0.211. The smallest absolute Gasteiger partial charge is 0.155 e. The first-order valence-corrected chi connectivity index (χ1v) is 5.64. The van der Waals surface area contributed by atoms with Crippen molar-refractivity contribution >= 4 is 5.78 Å². The van der Waals surface area contributed by atoms with Crippen molar-refractivity contribution in [2.45, 2.75) is 40.0 Å². The zero-order valence-corrected chi connectivity index (χ0v) is 10.1. The van der Waals surface area contributed by atoms with E-state index >= 15 is 0 Å². The number of hydrogen-bond acceptors (Lipinski definition) is 1. The lowest BCUT2D eigenvalue weighted by molar-refractivity contribution is -0.115. The highest BCUT2D eigenvalue weighted by Gasteiger charge is 1.98. The van der Waals surface area contributed by atoms with E-state index in [0.717, 1.165) is 12.8 Å². The number of allylic oxidation sites excluding steroid dienone is 6. The van der Waals surface area contributed by atoms with E-state index in [0.29, 0.717) is 12.3 Å². The Balaban J connectivity index is 3.64. The molecule has 0 N–H and O–H groups in total. The monoisotopic (exact) mass is 206 g/mol. The average molecular weight is 206 g/mol. The van der Waals surface area contributed by atoms with Gasteiger partial charge in [-0.2, -0.15) is 0 Å². The van der Waals surface area contributed by atoms with E-state index in [2.05, 4.69) is 32.1 Å². The SMILES string of the molecule is C/C=C/CC/C=C/C=C/C(=O)CC(C)C. The van der Waals surface area contributed by atoms with E-state index in [1.807, 2.05) is 19.1 Å². The number of hydrogen-bond donors (Lipinski definition) is 0. The van der Waals surface area contributed by atoms with Gasteiger partial charge in [0.1, 0.15) is 0 Å². The predicted molar refractivity (Wildman–Crippen MR) is 66.8 cm³/mol. The second-order valence-corrected chi connectivity index (χ2v) is 4.00. The summed E-state index contributed by atoms with van der Waals surface area (Å²) in [6, 6.07) is 0. The summed E-state index contributed by atoms with van der Waals surface area (Å²) in [5, 5.41) is 0. The van der Waals surface area contributed by atoms with Crippen LogP contribution in [0.4, 0.5) is 0 Å². The molecule has 0 amide bonds. The van der Waals surface area contributed by atoms with Crippen LogP contribution in [0.2, 0.25) is 0 Å². The van der Waals surface area contributed by atoms with Gasteiger partial charge in [0.25, 0.3) is 0 Å². The number of unbranched alkanes of at least 4 members (excludes halogenated alkanes) is 1. The Morgan fingerprint density at radius 2 is 1.80 bits per heavy atom. The molecule has 0 aromatic heterocycles. The molecule has 0 aliphatic heterocycles.